The molecule has 1 amide bonds. The topological polar surface area (TPSA) is 65.5 Å². The molecule has 1 aliphatic heterocycles. The largest absolute Gasteiger partial charge is 0.271 e. The van der Waals surface area contributed by atoms with Crippen LogP contribution in [0.5, 0.6) is 0 Å². The van der Waals surface area contributed by atoms with E-state index in [1.54, 1.807) is 6.21 Å². The van der Waals surface area contributed by atoms with Crippen LogP contribution in [0.4, 0.5) is 0 Å². The van der Waals surface area contributed by atoms with Crippen LogP contribution < -0.4 is 16.3 Å². The molecule has 1 aromatic carbocycles. The fraction of sp³-hybridized carbons (Fsp3) is 0.556. The Morgan fingerprint density at radius 1 is 1.26 bits per heavy atom. The molecule has 0 bridgehead atoms. The molecule has 2 atom stereocenters. The van der Waals surface area contributed by atoms with Gasteiger partial charge in [0.25, 0.3) is 5.91 Å². The van der Waals surface area contributed by atoms with Gasteiger partial charge in [-0.05, 0) is 28.9 Å². The third-order valence-electron chi connectivity index (χ3n) is 4.26. The van der Waals surface area contributed by atoms with E-state index in [4.69, 9.17) is 0 Å². The Labute approximate surface area is 138 Å². The van der Waals surface area contributed by atoms with E-state index in [1.807, 2.05) is 12.1 Å². The van der Waals surface area contributed by atoms with E-state index in [2.05, 4.69) is 68.1 Å². The summed E-state index contributed by atoms with van der Waals surface area (Å²) in [6, 6.07) is 8.21. The van der Waals surface area contributed by atoms with Crippen LogP contribution in [-0.4, -0.2) is 24.2 Å². The molecule has 23 heavy (non-hydrogen) atoms. The van der Waals surface area contributed by atoms with Crippen LogP contribution in [0.2, 0.25) is 0 Å². The zero-order valence-corrected chi connectivity index (χ0v) is 14.7. The molecular formula is C18H28N4O. The van der Waals surface area contributed by atoms with Gasteiger partial charge in [0.1, 0.15) is 6.04 Å². The smallest absolute Gasteiger partial charge is 0.258 e. The van der Waals surface area contributed by atoms with Crippen LogP contribution in [0.3, 0.4) is 0 Å². The number of amides is 1. The Balaban J connectivity index is 1.85. The quantitative estimate of drug-likeness (QED) is 0.591. The molecule has 1 aliphatic rings. The van der Waals surface area contributed by atoms with Crippen molar-refractivity contribution in [3.05, 3.63) is 35.4 Å². The molecule has 2 rings (SSSR count). The van der Waals surface area contributed by atoms with Gasteiger partial charge in [-0.25, -0.2) is 10.9 Å². The zero-order chi connectivity index (χ0) is 17.0. The van der Waals surface area contributed by atoms with Crippen molar-refractivity contribution in [2.24, 2.45) is 10.5 Å². The SMILES string of the molecule is CC(C)c1ccc(/C=N\NC(=O)C2CC(C(C)(C)C)NN2)cc1. The second-order valence-electron chi connectivity index (χ2n) is 7.55. The zero-order valence-electron chi connectivity index (χ0n) is 14.7. The molecule has 0 aromatic heterocycles. The highest BCUT2D eigenvalue weighted by Gasteiger charge is 2.35. The Morgan fingerprint density at radius 3 is 2.43 bits per heavy atom. The number of hydrazine groups is 1. The standard InChI is InChI=1S/C18H28N4O/c1-12(2)14-8-6-13(7-9-14)11-19-22-17(23)15-10-16(21-20-15)18(3,4)5/h6-9,11-12,15-16,20-21H,10H2,1-5H3,(H,22,23)/b19-11-. The first kappa shape index (κ1) is 17.6. The van der Waals surface area contributed by atoms with Gasteiger partial charge < -0.3 is 0 Å². The van der Waals surface area contributed by atoms with E-state index >= 15 is 0 Å². The van der Waals surface area contributed by atoms with E-state index < -0.39 is 0 Å². The van der Waals surface area contributed by atoms with Gasteiger partial charge in [-0.1, -0.05) is 58.9 Å². The number of hydrazone groups is 1. The fourth-order valence-electron chi connectivity index (χ4n) is 2.51. The molecular weight excluding hydrogens is 288 g/mol. The van der Waals surface area contributed by atoms with Crippen molar-refractivity contribution >= 4 is 12.1 Å². The van der Waals surface area contributed by atoms with Crippen molar-refractivity contribution in [1.82, 2.24) is 16.3 Å². The maximum absolute atomic E-state index is 12.1. The maximum atomic E-state index is 12.1. The second-order valence-corrected chi connectivity index (χ2v) is 7.55. The Bertz CT molecular complexity index is 557. The van der Waals surface area contributed by atoms with Crippen LogP contribution in [-0.2, 0) is 4.79 Å². The van der Waals surface area contributed by atoms with Crippen molar-refractivity contribution in [2.75, 3.05) is 0 Å². The van der Waals surface area contributed by atoms with Gasteiger partial charge in [0.05, 0.1) is 6.21 Å². The van der Waals surface area contributed by atoms with Crippen LogP contribution in [0.25, 0.3) is 0 Å². The van der Waals surface area contributed by atoms with Crippen molar-refractivity contribution in [3.8, 4) is 0 Å². The predicted octanol–water partition coefficient (Wildman–Crippen LogP) is 2.54. The summed E-state index contributed by atoms with van der Waals surface area (Å²) in [6.45, 7) is 10.8. The van der Waals surface area contributed by atoms with Gasteiger partial charge in [-0.3, -0.25) is 10.2 Å². The number of hydrogen-bond acceptors (Lipinski definition) is 4. The van der Waals surface area contributed by atoms with E-state index in [-0.39, 0.29) is 23.4 Å². The highest BCUT2D eigenvalue weighted by atomic mass is 16.2. The molecule has 3 N–H and O–H groups in total. The van der Waals surface area contributed by atoms with Crippen LogP contribution in [0.15, 0.2) is 29.4 Å². The number of carbonyl (C=O) groups excluding carboxylic acids is 1. The average Bonchev–Trinajstić information content (AvgIpc) is 2.97. The van der Waals surface area contributed by atoms with Crippen molar-refractivity contribution in [2.45, 2.75) is 59.0 Å². The number of carbonyl (C=O) groups is 1. The van der Waals surface area contributed by atoms with Gasteiger partial charge in [0.15, 0.2) is 0 Å². The van der Waals surface area contributed by atoms with Gasteiger partial charge in [-0.2, -0.15) is 5.10 Å². The molecule has 1 heterocycles. The summed E-state index contributed by atoms with van der Waals surface area (Å²) in [6.07, 6.45) is 2.43. The lowest BCUT2D eigenvalue weighted by atomic mass is 9.84. The van der Waals surface area contributed by atoms with Gasteiger partial charge in [-0.15, -0.1) is 0 Å². The summed E-state index contributed by atoms with van der Waals surface area (Å²) in [5.41, 5.74) is 11.2. The normalized spacial score (nSPS) is 22.0. The summed E-state index contributed by atoms with van der Waals surface area (Å²) in [7, 11) is 0. The van der Waals surface area contributed by atoms with Crippen molar-refractivity contribution < 1.29 is 4.79 Å². The van der Waals surface area contributed by atoms with Crippen LogP contribution >= 0.6 is 0 Å². The molecule has 1 saturated heterocycles. The number of nitrogens with zero attached hydrogens (tertiary/aromatic N) is 1. The molecule has 2 unspecified atom stereocenters. The van der Waals surface area contributed by atoms with E-state index in [0.29, 0.717) is 5.92 Å². The van der Waals surface area contributed by atoms with Crippen molar-refractivity contribution in [1.29, 1.82) is 0 Å². The summed E-state index contributed by atoms with van der Waals surface area (Å²) in [5, 5.41) is 4.06. The first-order valence-corrected chi connectivity index (χ1v) is 8.21. The van der Waals surface area contributed by atoms with Crippen molar-refractivity contribution in [3.63, 3.8) is 0 Å². The minimum Gasteiger partial charge on any atom is -0.271 e. The second kappa shape index (κ2) is 7.23. The lowest BCUT2D eigenvalue weighted by molar-refractivity contribution is -0.122. The molecule has 1 aromatic rings. The predicted molar refractivity (Wildman–Crippen MR) is 94.2 cm³/mol. The maximum Gasteiger partial charge on any atom is 0.258 e. The summed E-state index contributed by atoms with van der Waals surface area (Å²) >= 11 is 0. The summed E-state index contributed by atoms with van der Waals surface area (Å²) in [5.74, 6) is 0.400. The van der Waals surface area contributed by atoms with E-state index in [1.165, 1.54) is 5.56 Å². The molecule has 5 nitrogen and oxygen atoms in total. The Hall–Kier alpha value is -1.72. The number of benzene rings is 1. The first-order valence-electron chi connectivity index (χ1n) is 8.21. The molecule has 0 spiro atoms. The number of rotatable bonds is 4. The molecule has 0 aliphatic carbocycles. The lowest BCUT2D eigenvalue weighted by Gasteiger charge is -2.25. The summed E-state index contributed by atoms with van der Waals surface area (Å²) < 4.78 is 0. The van der Waals surface area contributed by atoms with Crippen LogP contribution in [0.1, 0.15) is 58.1 Å². The molecule has 5 heteroatoms. The fourth-order valence-corrected chi connectivity index (χ4v) is 2.51. The van der Waals surface area contributed by atoms with Gasteiger partial charge in [0, 0.05) is 6.04 Å². The first-order chi connectivity index (χ1) is 10.8. The van der Waals surface area contributed by atoms with Gasteiger partial charge >= 0.3 is 0 Å². The van der Waals surface area contributed by atoms with E-state index in [0.717, 1.165) is 12.0 Å². The highest BCUT2D eigenvalue weighted by molar-refractivity contribution is 5.85. The number of nitrogens with one attached hydrogen (secondary N) is 3. The molecule has 1 fully saturated rings. The number of hydrogen-bond donors (Lipinski definition) is 3. The minimum absolute atomic E-state index is 0.112. The average molecular weight is 316 g/mol. The third kappa shape index (κ3) is 4.88. The molecule has 0 saturated carbocycles. The Kier molecular flexibility index (Phi) is 5.55. The lowest BCUT2D eigenvalue weighted by Crippen LogP contribution is -2.43. The third-order valence-corrected chi connectivity index (χ3v) is 4.26. The highest BCUT2D eigenvalue weighted by Crippen LogP contribution is 2.25. The minimum atomic E-state index is -0.250. The van der Waals surface area contributed by atoms with E-state index in [9.17, 15) is 4.79 Å². The monoisotopic (exact) mass is 316 g/mol. The summed E-state index contributed by atoms with van der Waals surface area (Å²) in [4.78, 5) is 12.1. The van der Waals surface area contributed by atoms with Gasteiger partial charge in [0.2, 0.25) is 0 Å². The Morgan fingerprint density at radius 2 is 1.91 bits per heavy atom. The molecule has 126 valence electrons. The molecule has 0 radical (unpaired) electrons. The van der Waals surface area contributed by atoms with Crippen LogP contribution in [0, 0.1) is 5.41 Å².